The van der Waals surface area contributed by atoms with Gasteiger partial charge >= 0.3 is 6.43 Å². The molecule has 0 N–H and O–H groups in total. The Labute approximate surface area is 142 Å². The first-order chi connectivity index (χ1) is 12.2. The van der Waals surface area contributed by atoms with E-state index in [9.17, 15) is 8.78 Å². The van der Waals surface area contributed by atoms with Gasteiger partial charge in [-0.2, -0.15) is 8.78 Å². The van der Waals surface area contributed by atoms with Crippen LogP contribution in [0.1, 0.15) is 55.3 Å². The van der Waals surface area contributed by atoms with Crippen LogP contribution in [0.3, 0.4) is 0 Å². The first kappa shape index (κ1) is 15.8. The van der Waals surface area contributed by atoms with Gasteiger partial charge in [0, 0.05) is 18.3 Å². The summed E-state index contributed by atoms with van der Waals surface area (Å²) in [5, 5.41) is 15.3. The number of alkyl halides is 2. The molecular weight excluding hydrogens is 330 g/mol. The third-order valence-corrected chi connectivity index (χ3v) is 4.35. The zero-order valence-corrected chi connectivity index (χ0v) is 13.3. The highest BCUT2D eigenvalue weighted by molar-refractivity contribution is 5.50. The van der Waals surface area contributed by atoms with Gasteiger partial charge in [0.05, 0.1) is 23.5 Å². The van der Waals surface area contributed by atoms with Gasteiger partial charge in [-0.3, -0.25) is 4.98 Å². The monoisotopic (exact) mass is 346 g/mol. The highest BCUT2D eigenvalue weighted by atomic mass is 19.3. The molecule has 0 aliphatic heterocycles. The minimum absolute atomic E-state index is 0.0265. The normalized spacial score (nSPS) is 15.3. The number of hydrogen-bond donors (Lipinski definition) is 0. The topological polar surface area (TPSA) is 82.5 Å². The summed E-state index contributed by atoms with van der Waals surface area (Å²) in [6.45, 7) is 0.492. The molecule has 1 fully saturated rings. The van der Waals surface area contributed by atoms with Gasteiger partial charge in [0.1, 0.15) is 0 Å². The third-order valence-electron chi connectivity index (χ3n) is 4.35. The Morgan fingerprint density at radius 1 is 1.16 bits per heavy atom. The van der Waals surface area contributed by atoms with Crippen LogP contribution in [0.2, 0.25) is 0 Å². The molecule has 0 radical (unpaired) electrons. The summed E-state index contributed by atoms with van der Waals surface area (Å²) in [5.74, 6) is -0.148. The van der Waals surface area contributed by atoms with Crippen LogP contribution in [-0.4, -0.2) is 30.2 Å². The lowest BCUT2D eigenvalue weighted by molar-refractivity contribution is 0.116. The summed E-state index contributed by atoms with van der Waals surface area (Å²) in [5.41, 5.74) is 2.31. The third kappa shape index (κ3) is 3.40. The zero-order chi connectivity index (χ0) is 17.2. The fraction of sp³-hybridized carbons (Fsp3) is 0.438. The second-order valence-corrected chi connectivity index (χ2v) is 6.11. The molecule has 3 aromatic heterocycles. The molecule has 0 amide bonds. The summed E-state index contributed by atoms with van der Waals surface area (Å²) in [6, 6.07) is 3.48. The van der Waals surface area contributed by atoms with Crippen LogP contribution in [0.5, 0.6) is 0 Å². The Hall–Kier alpha value is -2.71. The summed E-state index contributed by atoms with van der Waals surface area (Å²) < 4.78 is 31.6. The zero-order valence-electron chi connectivity index (χ0n) is 13.3. The Morgan fingerprint density at radius 3 is 2.68 bits per heavy atom. The quantitative estimate of drug-likeness (QED) is 0.704. The number of hydrogen-bond acceptors (Lipinski definition) is 6. The molecule has 1 aliphatic carbocycles. The maximum Gasteiger partial charge on any atom is 0.314 e. The number of rotatable bonds is 5. The maximum absolute atomic E-state index is 12.5. The number of aromatic nitrogens is 6. The fourth-order valence-electron chi connectivity index (χ4n) is 3.05. The van der Waals surface area contributed by atoms with Crippen molar-refractivity contribution in [3.05, 3.63) is 41.8 Å². The van der Waals surface area contributed by atoms with Crippen LogP contribution in [-0.2, 0) is 6.54 Å². The first-order valence-electron chi connectivity index (χ1n) is 8.16. The van der Waals surface area contributed by atoms with E-state index in [0.29, 0.717) is 18.0 Å². The van der Waals surface area contributed by atoms with Gasteiger partial charge in [0.15, 0.2) is 0 Å². The highest BCUT2D eigenvalue weighted by Crippen LogP contribution is 2.32. The molecule has 3 aromatic rings. The van der Waals surface area contributed by atoms with Crippen molar-refractivity contribution in [1.29, 1.82) is 0 Å². The molecule has 0 aromatic carbocycles. The summed E-state index contributed by atoms with van der Waals surface area (Å²) in [6.07, 6.45) is 5.57. The lowest BCUT2D eigenvalue weighted by Gasteiger charge is -2.03. The molecule has 0 spiro atoms. The average molecular weight is 346 g/mol. The van der Waals surface area contributed by atoms with Gasteiger partial charge in [-0.1, -0.05) is 18.1 Å². The Balaban J connectivity index is 1.45. The van der Waals surface area contributed by atoms with Crippen LogP contribution in [0.25, 0.3) is 11.5 Å². The molecule has 1 saturated carbocycles. The van der Waals surface area contributed by atoms with Crippen LogP contribution < -0.4 is 0 Å². The first-order valence-corrected chi connectivity index (χ1v) is 8.16. The lowest BCUT2D eigenvalue weighted by Crippen LogP contribution is -2.02. The molecular formula is C16H16F2N6O. The van der Waals surface area contributed by atoms with Gasteiger partial charge in [-0.05, 0) is 25.0 Å². The molecule has 0 unspecified atom stereocenters. The van der Waals surface area contributed by atoms with E-state index < -0.39 is 12.3 Å². The maximum atomic E-state index is 12.5. The van der Waals surface area contributed by atoms with Crippen molar-refractivity contribution in [2.75, 3.05) is 0 Å². The Bertz CT molecular complexity index is 838. The predicted octanol–water partition coefficient (Wildman–Crippen LogP) is 3.37. The van der Waals surface area contributed by atoms with E-state index >= 15 is 0 Å². The highest BCUT2D eigenvalue weighted by Gasteiger charge is 2.20. The SMILES string of the molecule is FC(F)c1nnc(-c2ccc(Cn3cc(C4CCCC4)nn3)nc2)o1. The number of nitrogens with zero attached hydrogens (tertiary/aromatic N) is 6. The van der Waals surface area contributed by atoms with Crippen molar-refractivity contribution in [2.24, 2.45) is 0 Å². The van der Waals surface area contributed by atoms with Crippen molar-refractivity contribution in [3.8, 4) is 11.5 Å². The van der Waals surface area contributed by atoms with Gasteiger partial charge in [-0.25, -0.2) is 4.68 Å². The van der Waals surface area contributed by atoms with E-state index in [0.717, 1.165) is 11.4 Å². The number of pyridine rings is 1. The molecule has 130 valence electrons. The fourth-order valence-corrected chi connectivity index (χ4v) is 3.05. The van der Waals surface area contributed by atoms with Crippen molar-refractivity contribution in [3.63, 3.8) is 0 Å². The van der Waals surface area contributed by atoms with Crippen LogP contribution in [0, 0.1) is 0 Å². The molecule has 4 rings (SSSR count). The van der Waals surface area contributed by atoms with Crippen LogP contribution in [0.15, 0.2) is 28.9 Å². The van der Waals surface area contributed by atoms with Crippen molar-refractivity contribution < 1.29 is 13.2 Å². The average Bonchev–Trinajstić information content (AvgIpc) is 3.36. The lowest BCUT2D eigenvalue weighted by atomic mass is 10.1. The Kier molecular flexibility index (Phi) is 4.21. The van der Waals surface area contributed by atoms with Crippen LogP contribution in [0.4, 0.5) is 8.78 Å². The second kappa shape index (κ2) is 6.66. The molecule has 1 aliphatic rings. The summed E-state index contributed by atoms with van der Waals surface area (Å²) >= 11 is 0. The summed E-state index contributed by atoms with van der Waals surface area (Å²) in [7, 11) is 0. The largest absolute Gasteiger partial charge is 0.415 e. The number of halogens is 2. The van der Waals surface area contributed by atoms with E-state index in [2.05, 4.69) is 25.5 Å². The smallest absolute Gasteiger partial charge is 0.314 e. The molecule has 9 heteroatoms. The van der Waals surface area contributed by atoms with Crippen molar-refractivity contribution in [1.82, 2.24) is 30.2 Å². The van der Waals surface area contributed by atoms with E-state index in [4.69, 9.17) is 4.42 Å². The van der Waals surface area contributed by atoms with E-state index in [1.54, 1.807) is 16.8 Å². The molecule has 25 heavy (non-hydrogen) atoms. The Morgan fingerprint density at radius 2 is 2.00 bits per heavy atom. The second-order valence-electron chi connectivity index (χ2n) is 6.11. The van der Waals surface area contributed by atoms with E-state index in [1.807, 2.05) is 6.20 Å². The van der Waals surface area contributed by atoms with Crippen molar-refractivity contribution >= 4 is 0 Å². The van der Waals surface area contributed by atoms with E-state index in [-0.39, 0.29) is 5.89 Å². The molecule has 0 atom stereocenters. The molecule has 3 heterocycles. The van der Waals surface area contributed by atoms with Gasteiger partial charge in [0.2, 0.25) is 5.89 Å². The summed E-state index contributed by atoms with van der Waals surface area (Å²) in [4.78, 5) is 4.31. The van der Waals surface area contributed by atoms with Gasteiger partial charge < -0.3 is 4.42 Å². The van der Waals surface area contributed by atoms with Crippen LogP contribution >= 0.6 is 0 Å². The minimum Gasteiger partial charge on any atom is -0.415 e. The minimum atomic E-state index is -2.78. The molecule has 0 bridgehead atoms. The van der Waals surface area contributed by atoms with Gasteiger partial charge in [0.25, 0.3) is 5.89 Å². The van der Waals surface area contributed by atoms with E-state index in [1.165, 1.54) is 31.9 Å². The molecule has 7 nitrogen and oxygen atoms in total. The molecule has 0 saturated heterocycles. The predicted molar refractivity (Wildman–Crippen MR) is 82.8 cm³/mol. The van der Waals surface area contributed by atoms with Gasteiger partial charge in [-0.15, -0.1) is 15.3 Å². The standard InChI is InChI=1S/C16H16F2N6O/c17-14(18)16-22-21-15(25-16)11-5-6-12(19-7-11)8-24-9-13(20-23-24)10-3-1-2-4-10/h5-7,9-10,14H,1-4,8H2. The van der Waals surface area contributed by atoms with Crippen molar-refractivity contribution in [2.45, 2.75) is 44.6 Å².